The van der Waals surface area contributed by atoms with Crippen LogP contribution < -0.4 is 4.72 Å². The summed E-state index contributed by atoms with van der Waals surface area (Å²) in [5.41, 5.74) is 0.943. The largest absolute Gasteiger partial charge is 0.279 e. The number of benzene rings is 1. The molecule has 14 heavy (non-hydrogen) atoms. The Kier molecular flexibility index (Phi) is 3.62. The van der Waals surface area contributed by atoms with Gasteiger partial charge in [-0.3, -0.25) is 0 Å². The highest BCUT2D eigenvalue weighted by molar-refractivity contribution is 7.87. The smallest absolute Gasteiger partial charge is 0.198 e. The van der Waals surface area contributed by atoms with E-state index < -0.39 is 10.2 Å². The Morgan fingerprint density at radius 2 is 1.79 bits per heavy atom. The zero-order chi connectivity index (χ0) is 10.6. The summed E-state index contributed by atoms with van der Waals surface area (Å²) in [6.07, 6.45) is 0. The third kappa shape index (κ3) is 3.10. The molecule has 0 radical (unpaired) electrons. The van der Waals surface area contributed by atoms with Gasteiger partial charge in [0.2, 0.25) is 0 Å². The van der Waals surface area contributed by atoms with Crippen LogP contribution in [0.1, 0.15) is 5.56 Å². The zero-order valence-electron chi connectivity index (χ0n) is 8.27. The van der Waals surface area contributed by atoms with Gasteiger partial charge in [-0.15, -0.1) is 0 Å². The molecule has 0 fully saturated rings. The fraction of sp³-hybridized carbons (Fsp3) is 0.333. The molecule has 0 aliphatic carbocycles. The summed E-state index contributed by atoms with van der Waals surface area (Å²) in [6.45, 7) is 0.321. The molecule has 4 nitrogen and oxygen atoms in total. The lowest BCUT2D eigenvalue weighted by molar-refractivity contribution is 0.505. The number of rotatable bonds is 4. The van der Waals surface area contributed by atoms with Gasteiger partial charge in [-0.25, -0.2) is 0 Å². The highest BCUT2D eigenvalue weighted by Gasteiger charge is 2.11. The van der Waals surface area contributed by atoms with Gasteiger partial charge in [0.1, 0.15) is 0 Å². The van der Waals surface area contributed by atoms with E-state index in [2.05, 4.69) is 4.72 Å². The summed E-state index contributed by atoms with van der Waals surface area (Å²) in [5, 5.41) is 0. The second kappa shape index (κ2) is 4.54. The Balaban J connectivity index is 2.58. The van der Waals surface area contributed by atoms with E-state index in [0.717, 1.165) is 9.87 Å². The van der Waals surface area contributed by atoms with Crippen LogP contribution in [0.2, 0.25) is 0 Å². The van der Waals surface area contributed by atoms with E-state index in [9.17, 15) is 8.42 Å². The SMILES string of the molecule is CN(C)S(=O)(=O)NCc1ccccc1. The molecule has 0 bridgehead atoms. The molecule has 0 aromatic heterocycles. The standard InChI is InChI=1S/C9H14N2O2S/c1-11(2)14(12,13)10-8-9-6-4-3-5-7-9/h3-7,10H,8H2,1-2H3. The summed E-state index contributed by atoms with van der Waals surface area (Å²) in [7, 11) is -0.326. The molecule has 0 atom stereocenters. The Hall–Kier alpha value is -0.910. The van der Waals surface area contributed by atoms with Crippen LogP contribution >= 0.6 is 0 Å². The van der Waals surface area contributed by atoms with E-state index in [1.165, 1.54) is 14.1 Å². The minimum absolute atomic E-state index is 0.321. The van der Waals surface area contributed by atoms with Crippen LogP contribution in [0.5, 0.6) is 0 Å². The third-order valence-corrected chi connectivity index (χ3v) is 3.25. The Morgan fingerprint density at radius 1 is 1.21 bits per heavy atom. The van der Waals surface area contributed by atoms with E-state index >= 15 is 0 Å². The van der Waals surface area contributed by atoms with Gasteiger partial charge in [0.05, 0.1) is 0 Å². The maximum Gasteiger partial charge on any atom is 0.279 e. The lowest BCUT2D eigenvalue weighted by Crippen LogP contribution is -2.35. The molecular formula is C9H14N2O2S. The predicted octanol–water partition coefficient (Wildman–Crippen LogP) is 0.583. The second-order valence-corrected chi connectivity index (χ2v) is 5.06. The highest BCUT2D eigenvalue weighted by Crippen LogP contribution is 1.99. The number of hydrogen-bond donors (Lipinski definition) is 1. The summed E-state index contributed by atoms with van der Waals surface area (Å²) in [4.78, 5) is 0. The molecule has 0 spiro atoms. The molecular weight excluding hydrogens is 200 g/mol. The van der Waals surface area contributed by atoms with Crippen molar-refractivity contribution in [2.24, 2.45) is 0 Å². The van der Waals surface area contributed by atoms with Crippen LogP contribution in [0.25, 0.3) is 0 Å². The van der Waals surface area contributed by atoms with Gasteiger partial charge < -0.3 is 0 Å². The maximum atomic E-state index is 11.3. The van der Waals surface area contributed by atoms with E-state index in [1.54, 1.807) is 0 Å². The molecule has 0 saturated carbocycles. The summed E-state index contributed by atoms with van der Waals surface area (Å²) in [5.74, 6) is 0. The molecule has 0 heterocycles. The van der Waals surface area contributed by atoms with Gasteiger partial charge >= 0.3 is 0 Å². The molecule has 78 valence electrons. The Bertz CT molecular complexity index is 373. The molecule has 0 aliphatic rings. The first kappa shape index (κ1) is 11.2. The van der Waals surface area contributed by atoms with Crippen LogP contribution in [-0.2, 0) is 16.8 Å². The van der Waals surface area contributed by atoms with Crippen molar-refractivity contribution in [1.29, 1.82) is 0 Å². The van der Waals surface area contributed by atoms with Gasteiger partial charge in [-0.2, -0.15) is 17.4 Å². The van der Waals surface area contributed by atoms with Crippen LogP contribution in [0.3, 0.4) is 0 Å². The first-order valence-electron chi connectivity index (χ1n) is 4.23. The molecule has 0 unspecified atom stereocenters. The molecule has 0 amide bonds. The number of hydrogen-bond acceptors (Lipinski definition) is 2. The topological polar surface area (TPSA) is 49.4 Å². The first-order chi connectivity index (χ1) is 6.52. The summed E-state index contributed by atoms with van der Waals surface area (Å²) >= 11 is 0. The predicted molar refractivity (Wildman–Crippen MR) is 55.9 cm³/mol. The van der Waals surface area contributed by atoms with E-state index in [-0.39, 0.29) is 0 Å². The fourth-order valence-corrected chi connectivity index (χ4v) is 1.51. The number of nitrogens with one attached hydrogen (secondary N) is 1. The highest BCUT2D eigenvalue weighted by atomic mass is 32.2. The van der Waals surface area contributed by atoms with Gasteiger partial charge in [0.15, 0.2) is 0 Å². The molecule has 1 rings (SSSR count). The Morgan fingerprint density at radius 3 is 2.29 bits per heavy atom. The van der Waals surface area contributed by atoms with Crippen molar-refractivity contribution in [1.82, 2.24) is 9.03 Å². The van der Waals surface area contributed by atoms with Crippen LogP contribution in [0, 0.1) is 0 Å². The number of nitrogens with zero attached hydrogens (tertiary/aromatic N) is 1. The molecule has 1 aromatic carbocycles. The van der Waals surface area contributed by atoms with E-state index in [4.69, 9.17) is 0 Å². The average molecular weight is 214 g/mol. The molecule has 1 aromatic rings. The molecule has 0 saturated heterocycles. The van der Waals surface area contributed by atoms with Crippen LogP contribution in [-0.4, -0.2) is 26.8 Å². The third-order valence-electron chi connectivity index (χ3n) is 1.78. The zero-order valence-corrected chi connectivity index (χ0v) is 9.08. The van der Waals surface area contributed by atoms with E-state index in [1.807, 2.05) is 30.3 Å². The normalized spacial score (nSPS) is 11.9. The lowest BCUT2D eigenvalue weighted by Gasteiger charge is -2.11. The minimum atomic E-state index is -3.31. The lowest BCUT2D eigenvalue weighted by atomic mass is 10.2. The maximum absolute atomic E-state index is 11.3. The molecule has 1 N–H and O–H groups in total. The van der Waals surface area contributed by atoms with Crippen molar-refractivity contribution >= 4 is 10.2 Å². The van der Waals surface area contributed by atoms with Gasteiger partial charge in [0, 0.05) is 20.6 Å². The van der Waals surface area contributed by atoms with Crippen molar-refractivity contribution in [3.8, 4) is 0 Å². The summed E-state index contributed by atoms with van der Waals surface area (Å²) in [6, 6.07) is 9.39. The monoisotopic (exact) mass is 214 g/mol. The van der Waals surface area contributed by atoms with Crippen molar-refractivity contribution < 1.29 is 8.42 Å². The van der Waals surface area contributed by atoms with Gasteiger partial charge in [-0.1, -0.05) is 30.3 Å². The van der Waals surface area contributed by atoms with Crippen molar-refractivity contribution in [3.63, 3.8) is 0 Å². The first-order valence-corrected chi connectivity index (χ1v) is 5.67. The van der Waals surface area contributed by atoms with Crippen molar-refractivity contribution in [2.45, 2.75) is 6.54 Å². The Labute approximate surface area is 84.7 Å². The fourth-order valence-electron chi connectivity index (χ4n) is 0.899. The van der Waals surface area contributed by atoms with Crippen LogP contribution in [0.4, 0.5) is 0 Å². The molecule has 0 aliphatic heterocycles. The summed E-state index contributed by atoms with van der Waals surface area (Å²) < 4.78 is 26.3. The van der Waals surface area contributed by atoms with Gasteiger partial charge in [0.25, 0.3) is 10.2 Å². The van der Waals surface area contributed by atoms with Crippen molar-refractivity contribution in [2.75, 3.05) is 14.1 Å². The van der Waals surface area contributed by atoms with Crippen LogP contribution in [0.15, 0.2) is 30.3 Å². The van der Waals surface area contributed by atoms with Crippen molar-refractivity contribution in [3.05, 3.63) is 35.9 Å². The van der Waals surface area contributed by atoms with E-state index in [0.29, 0.717) is 6.54 Å². The quantitative estimate of drug-likeness (QED) is 0.797. The average Bonchev–Trinajstić information content (AvgIpc) is 2.16. The molecule has 5 heteroatoms. The second-order valence-electron chi connectivity index (χ2n) is 3.09. The van der Waals surface area contributed by atoms with Gasteiger partial charge in [-0.05, 0) is 5.56 Å². The minimum Gasteiger partial charge on any atom is -0.198 e.